The maximum atomic E-state index is 6.15. The molecule has 2 heterocycles. The van der Waals surface area contributed by atoms with Gasteiger partial charge in [-0.15, -0.1) is 0 Å². The van der Waals surface area contributed by atoms with Gasteiger partial charge >= 0.3 is 0 Å². The van der Waals surface area contributed by atoms with Crippen molar-refractivity contribution in [2.45, 2.75) is 52.1 Å². The summed E-state index contributed by atoms with van der Waals surface area (Å²) >= 11 is 0. The molecule has 0 radical (unpaired) electrons. The number of hydrogen-bond donors (Lipinski definition) is 1. The first kappa shape index (κ1) is 12.6. The van der Waals surface area contributed by atoms with Gasteiger partial charge in [0.15, 0.2) is 0 Å². The summed E-state index contributed by atoms with van der Waals surface area (Å²) in [7, 11) is 0. The van der Waals surface area contributed by atoms with Gasteiger partial charge in [0.25, 0.3) is 0 Å². The Morgan fingerprint density at radius 2 is 2.29 bits per heavy atom. The van der Waals surface area contributed by atoms with E-state index in [0.29, 0.717) is 6.04 Å². The first-order valence-electron chi connectivity index (χ1n) is 6.54. The fourth-order valence-electron chi connectivity index (χ4n) is 2.69. The van der Waals surface area contributed by atoms with Crippen LogP contribution in [0.3, 0.4) is 0 Å². The summed E-state index contributed by atoms with van der Waals surface area (Å²) in [5, 5.41) is 4.66. The molecule has 0 aromatic carbocycles. The van der Waals surface area contributed by atoms with E-state index in [1.807, 2.05) is 0 Å². The number of rotatable bonds is 3. The van der Waals surface area contributed by atoms with E-state index in [-0.39, 0.29) is 6.04 Å². The summed E-state index contributed by atoms with van der Waals surface area (Å²) in [4.78, 5) is 0. The average molecular weight is 237 g/mol. The van der Waals surface area contributed by atoms with E-state index in [1.54, 1.807) is 0 Å². The van der Waals surface area contributed by atoms with E-state index in [0.717, 1.165) is 38.2 Å². The molecule has 0 spiro atoms. The Balaban J connectivity index is 2.29. The summed E-state index contributed by atoms with van der Waals surface area (Å²) in [5.74, 6) is 0. The minimum atomic E-state index is 0.105. The maximum absolute atomic E-state index is 6.15. The van der Waals surface area contributed by atoms with Crippen LogP contribution >= 0.6 is 0 Å². The molecule has 96 valence electrons. The predicted octanol–water partition coefficient (Wildman–Crippen LogP) is 2.26. The van der Waals surface area contributed by atoms with Crippen LogP contribution in [0.4, 0.5) is 0 Å². The van der Waals surface area contributed by atoms with Crippen LogP contribution in [0.5, 0.6) is 0 Å². The number of nitrogens with two attached hydrogens (primary N) is 1. The van der Waals surface area contributed by atoms with E-state index in [1.165, 1.54) is 11.3 Å². The van der Waals surface area contributed by atoms with E-state index in [2.05, 4.69) is 30.6 Å². The minimum Gasteiger partial charge on any atom is -0.379 e. The molecule has 17 heavy (non-hydrogen) atoms. The Morgan fingerprint density at radius 1 is 1.53 bits per heavy atom. The van der Waals surface area contributed by atoms with E-state index >= 15 is 0 Å². The van der Waals surface area contributed by atoms with Crippen LogP contribution in [0.1, 0.15) is 55.2 Å². The van der Waals surface area contributed by atoms with Crippen LogP contribution in [-0.4, -0.2) is 23.0 Å². The monoisotopic (exact) mass is 237 g/mol. The van der Waals surface area contributed by atoms with Crippen LogP contribution < -0.4 is 5.73 Å². The molecule has 1 aliphatic rings. The molecule has 1 aliphatic heterocycles. The molecule has 0 bridgehead atoms. The van der Waals surface area contributed by atoms with Crippen molar-refractivity contribution in [3.05, 3.63) is 17.0 Å². The molecule has 1 aromatic rings. The van der Waals surface area contributed by atoms with E-state index < -0.39 is 0 Å². The molecule has 2 N–H and O–H groups in total. The Morgan fingerprint density at radius 3 is 2.88 bits per heavy atom. The summed E-state index contributed by atoms with van der Waals surface area (Å²) in [6.45, 7) is 7.96. The third-order valence-electron chi connectivity index (χ3n) is 3.67. The van der Waals surface area contributed by atoms with Crippen LogP contribution in [0, 0.1) is 13.8 Å². The van der Waals surface area contributed by atoms with Gasteiger partial charge < -0.3 is 10.5 Å². The van der Waals surface area contributed by atoms with Gasteiger partial charge in [0, 0.05) is 23.9 Å². The Kier molecular flexibility index (Phi) is 3.84. The van der Waals surface area contributed by atoms with Crippen LogP contribution in [0.2, 0.25) is 0 Å². The zero-order valence-electron chi connectivity index (χ0n) is 11.1. The summed E-state index contributed by atoms with van der Waals surface area (Å²) in [6, 6.07) is 0.494. The lowest BCUT2D eigenvalue weighted by atomic mass is 10.0. The maximum Gasteiger partial charge on any atom is 0.0756 e. The lowest BCUT2D eigenvalue weighted by molar-refractivity contribution is 0.0541. The van der Waals surface area contributed by atoms with Crippen molar-refractivity contribution >= 4 is 0 Å². The van der Waals surface area contributed by atoms with Crippen LogP contribution in [-0.2, 0) is 4.74 Å². The lowest BCUT2D eigenvalue weighted by Crippen LogP contribution is -2.23. The van der Waals surface area contributed by atoms with Crippen LogP contribution in [0.25, 0.3) is 0 Å². The topological polar surface area (TPSA) is 53.1 Å². The van der Waals surface area contributed by atoms with Crippen molar-refractivity contribution in [3.8, 4) is 0 Å². The third kappa shape index (κ3) is 2.38. The standard InChI is InChI=1S/C13H23N3O/c1-4-12(14)13-9(2)15-16(10(13)3)11-6-5-7-17-8-11/h11-12H,4-8,14H2,1-3H3. The molecular formula is C13H23N3O. The zero-order valence-corrected chi connectivity index (χ0v) is 11.1. The minimum absolute atomic E-state index is 0.105. The highest BCUT2D eigenvalue weighted by atomic mass is 16.5. The highest BCUT2D eigenvalue weighted by molar-refractivity contribution is 5.28. The Hall–Kier alpha value is -0.870. The second-order valence-electron chi connectivity index (χ2n) is 4.91. The van der Waals surface area contributed by atoms with E-state index in [4.69, 9.17) is 10.5 Å². The quantitative estimate of drug-likeness (QED) is 0.877. The van der Waals surface area contributed by atoms with Gasteiger partial charge in [0.1, 0.15) is 0 Å². The summed E-state index contributed by atoms with van der Waals surface area (Å²) in [5.41, 5.74) is 9.66. The molecule has 0 saturated carbocycles. The zero-order chi connectivity index (χ0) is 12.4. The van der Waals surface area contributed by atoms with Crippen molar-refractivity contribution in [2.75, 3.05) is 13.2 Å². The predicted molar refractivity (Wildman–Crippen MR) is 68.0 cm³/mol. The number of ether oxygens (including phenoxy) is 1. The lowest BCUT2D eigenvalue weighted by Gasteiger charge is -2.24. The highest BCUT2D eigenvalue weighted by Crippen LogP contribution is 2.27. The molecule has 0 aliphatic carbocycles. The fraction of sp³-hybridized carbons (Fsp3) is 0.769. The number of hydrogen-bond acceptors (Lipinski definition) is 3. The molecule has 0 amide bonds. The first-order chi connectivity index (χ1) is 8.15. The molecule has 2 unspecified atom stereocenters. The Labute approximate surface area is 103 Å². The van der Waals surface area contributed by atoms with Crippen molar-refractivity contribution in [3.63, 3.8) is 0 Å². The Bertz CT molecular complexity index is 380. The number of nitrogens with zero attached hydrogens (tertiary/aromatic N) is 2. The van der Waals surface area contributed by atoms with Gasteiger partial charge in [-0.3, -0.25) is 4.68 Å². The first-order valence-corrected chi connectivity index (χ1v) is 6.54. The normalized spacial score (nSPS) is 22.7. The van der Waals surface area contributed by atoms with Gasteiger partial charge in [-0.05, 0) is 33.1 Å². The van der Waals surface area contributed by atoms with Crippen LogP contribution in [0.15, 0.2) is 0 Å². The molecule has 2 rings (SSSR count). The van der Waals surface area contributed by atoms with Gasteiger partial charge in [-0.25, -0.2) is 0 Å². The second-order valence-corrected chi connectivity index (χ2v) is 4.91. The van der Waals surface area contributed by atoms with Crippen molar-refractivity contribution < 1.29 is 4.74 Å². The number of aromatic nitrogens is 2. The van der Waals surface area contributed by atoms with Crippen molar-refractivity contribution in [1.82, 2.24) is 9.78 Å². The molecular weight excluding hydrogens is 214 g/mol. The molecule has 1 saturated heterocycles. The van der Waals surface area contributed by atoms with Gasteiger partial charge in [0.2, 0.25) is 0 Å². The fourth-order valence-corrected chi connectivity index (χ4v) is 2.69. The summed E-state index contributed by atoms with van der Waals surface area (Å²) < 4.78 is 7.66. The smallest absolute Gasteiger partial charge is 0.0756 e. The largest absolute Gasteiger partial charge is 0.379 e. The highest BCUT2D eigenvalue weighted by Gasteiger charge is 2.23. The van der Waals surface area contributed by atoms with Crippen molar-refractivity contribution in [2.24, 2.45) is 5.73 Å². The molecule has 4 nitrogen and oxygen atoms in total. The van der Waals surface area contributed by atoms with Crippen molar-refractivity contribution in [1.29, 1.82) is 0 Å². The average Bonchev–Trinajstić information content (AvgIpc) is 2.65. The third-order valence-corrected chi connectivity index (χ3v) is 3.67. The number of aryl methyl sites for hydroxylation is 1. The molecule has 4 heteroatoms. The van der Waals surface area contributed by atoms with Gasteiger partial charge in [0.05, 0.1) is 18.3 Å². The van der Waals surface area contributed by atoms with E-state index in [9.17, 15) is 0 Å². The molecule has 2 atom stereocenters. The van der Waals surface area contributed by atoms with Gasteiger partial charge in [-0.1, -0.05) is 6.92 Å². The van der Waals surface area contributed by atoms with Gasteiger partial charge in [-0.2, -0.15) is 5.10 Å². The summed E-state index contributed by atoms with van der Waals surface area (Å²) in [6.07, 6.45) is 3.23. The molecule has 1 fully saturated rings. The molecule has 1 aromatic heterocycles. The SMILES string of the molecule is CCC(N)c1c(C)nn(C2CCCOC2)c1C. The second kappa shape index (κ2) is 5.19.